The summed E-state index contributed by atoms with van der Waals surface area (Å²) in [7, 11) is -1.78. The van der Waals surface area contributed by atoms with E-state index in [1.165, 1.54) is 4.31 Å². The van der Waals surface area contributed by atoms with Crippen molar-refractivity contribution in [3.8, 4) is 0 Å². The highest BCUT2D eigenvalue weighted by molar-refractivity contribution is 7.89. The number of piperidine rings is 1. The van der Waals surface area contributed by atoms with Gasteiger partial charge in [0.2, 0.25) is 15.9 Å². The molecule has 2 aliphatic heterocycles. The predicted molar refractivity (Wildman–Crippen MR) is 114 cm³/mol. The van der Waals surface area contributed by atoms with Crippen molar-refractivity contribution in [2.24, 2.45) is 0 Å². The Morgan fingerprint density at radius 3 is 2.63 bits per heavy atom. The Hall–Kier alpha value is -2.52. The van der Waals surface area contributed by atoms with Gasteiger partial charge in [-0.3, -0.25) is 4.79 Å². The van der Waals surface area contributed by atoms with Gasteiger partial charge >= 0.3 is 0 Å². The Balaban J connectivity index is 1.62. The molecular formula is C21H27N5O3S. The van der Waals surface area contributed by atoms with E-state index in [4.69, 9.17) is 9.97 Å². The fourth-order valence-corrected chi connectivity index (χ4v) is 5.65. The van der Waals surface area contributed by atoms with E-state index < -0.39 is 10.0 Å². The normalized spacial score (nSPS) is 19.9. The summed E-state index contributed by atoms with van der Waals surface area (Å²) in [6.07, 6.45) is 2.41. The second-order valence-electron chi connectivity index (χ2n) is 7.81. The Morgan fingerprint density at radius 2 is 1.93 bits per heavy atom. The number of nitrogens with one attached hydrogen (secondary N) is 1. The van der Waals surface area contributed by atoms with Gasteiger partial charge in [0.25, 0.3) is 0 Å². The third-order valence-electron chi connectivity index (χ3n) is 5.89. The number of fused-ring (bicyclic) bond motifs is 1. The lowest BCUT2D eigenvalue weighted by atomic mass is 9.96. The average Bonchev–Trinajstić information content (AvgIpc) is 2.78. The van der Waals surface area contributed by atoms with E-state index in [0.717, 1.165) is 36.5 Å². The molecule has 8 nitrogen and oxygen atoms in total. The minimum absolute atomic E-state index is 0.0771. The molecule has 4 rings (SSSR count). The number of hydrogen-bond acceptors (Lipinski definition) is 6. The number of sulfonamides is 1. The van der Waals surface area contributed by atoms with Crippen molar-refractivity contribution in [3.05, 3.63) is 47.4 Å². The van der Waals surface area contributed by atoms with Gasteiger partial charge in [-0.25, -0.2) is 18.4 Å². The number of amides is 1. The molecule has 0 unspecified atom stereocenters. The van der Waals surface area contributed by atoms with Crippen molar-refractivity contribution in [1.29, 1.82) is 0 Å². The second-order valence-corrected chi connectivity index (χ2v) is 9.75. The zero-order valence-corrected chi connectivity index (χ0v) is 18.2. The topological polar surface area (TPSA) is 95.5 Å². The highest BCUT2D eigenvalue weighted by Crippen LogP contribution is 2.31. The third-order valence-corrected chi connectivity index (χ3v) is 7.75. The number of hydrogen-bond donors (Lipinski definition) is 1. The summed E-state index contributed by atoms with van der Waals surface area (Å²) in [6.45, 7) is 3.63. The van der Waals surface area contributed by atoms with E-state index in [2.05, 4.69) is 5.32 Å². The van der Waals surface area contributed by atoms with E-state index in [1.807, 2.05) is 4.90 Å². The first-order chi connectivity index (χ1) is 14.4. The molecule has 3 heterocycles. The molecule has 1 saturated heterocycles. The van der Waals surface area contributed by atoms with Crippen LogP contribution in [-0.2, 0) is 27.8 Å². The Kier molecular flexibility index (Phi) is 5.75. The summed E-state index contributed by atoms with van der Waals surface area (Å²) in [5, 5.41) is 3.13. The molecule has 1 aromatic carbocycles. The molecule has 0 saturated carbocycles. The molecule has 9 heteroatoms. The second kappa shape index (κ2) is 8.31. The zero-order valence-electron chi connectivity index (χ0n) is 17.3. The maximum Gasteiger partial charge on any atom is 0.243 e. The summed E-state index contributed by atoms with van der Waals surface area (Å²) in [5.74, 6) is 1.59. The summed E-state index contributed by atoms with van der Waals surface area (Å²) >= 11 is 0. The number of aromatic nitrogens is 2. The minimum Gasteiger partial charge on any atom is -0.373 e. The monoisotopic (exact) mass is 429 g/mol. The van der Waals surface area contributed by atoms with Crippen LogP contribution in [0.3, 0.4) is 0 Å². The van der Waals surface area contributed by atoms with Crippen LogP contribution in [0.4, 0.5) is 5.82 Å². The molecular weight excluding hydrogens is 402 g/mol. The van der Waals surface area contributed by atoms with Crippen LogP contribution in [0.2, 0.25) is 0 Å². The molecule has 1 atom stereocenters. The lowest BCUT2D eigenvalue weighted by Gasteiger charge is -2.33. The number of carbonyl (C=O) groups is 1. The Bertz CT molecular complexity index is 1020. The van der Waals surface area contributed by atoms with Gasteiger partial charge in [-0.15, -0.1) is 0 Å². The highest BCUT2D eigenvalue weighted by atomic mass is 32.2. The largest absolute Gasteiger partial charge is 0.373 e. The van der Waals surface area contributed by atoms with Crippen LogP contribution >= 0.6 is 0 Å². The van der Waals surface area contributed by atoms with Crippen LogP contribution < -0.4 is 5.32 Å². The lowest BCUT2D eigenvalue weighted by Crippen LogP contribution is -2.39. The van der Waals surface area contributed by atoms with Crippen LogP contribution in [0.25, 0.3) is 0 Å². The molecule has 1 aromatic heterocycles. The molecule has 160 valence electrons. The van der Waals surface area contributed by atoms with Crippen molar-refractivity contribution < 1.29 is 13.2 Å². The van der Waals surface area contributed by atoms with Gasteiger partial charge in [-0.05, 0) is 25.0 Å². The number of anilines is 1. The smallest absolute Gasteiger partial charge is 0.243 e. The Morgan fingerprint density at radius 1 is 1.17 bits per heavy atom. The van der Waals surface area contributed by atoms with Gasteiger partial charge in [-0.2, -0.15) is 4.31 Å². The van der Waals surface area contributed by atoms with E-state index in [9.17, 15) is 13.2 Å². The molecule has 0 spiro atoms. The van der Waals surface area contributed by atoms with Gasteiger partial charge in [-0.1, -0.05) is 18.2 Å². The summed E-state index contributed by atoms with van der Waals surface area (Å²) in [6, 6.07) is 8.50. The third kappa shape index (κ3) is 3.91. The molecule has 0 radical (unpaired) electrons. The number of rotatable bonds is 4. The first-order valence-electron chi connectivity index (χ1n) is 10.3. The van der Waals surface area contributed by atoms with Gasteiger partial charge in [0.1, 0.15) is 11.6 Å². The van der Waals surface area contributed by atoms with Crippen molar-refractivity contribution in [2.75, 3.05) is 32.0 Å². The van der Waals surface area contributed by atoms with E-state index >= 15 is 0 Å². The standard InChI is InChI=1S/C21H27N5O3S/c1-15(27)25-11-6-7-16(13-25)20-23-19-10-12-26(14-18(19)21(22-2)24-20)30(28,29)17-8-4-3-5-9-17/h3-5,8-9,16H,6-7,10-14H2,1-2H3,(H,22,23,24)/t16-/m0/s1. The van der Waals surface area contributed by atoms with Crippen molar-refractivity contribution in [3.63, 3.8) is 0 Å². The van der Waals surface area contributed by atoms with Gasteiger partial charge in [0, 0.05) is 58.1 Å². The number of benzene rings is 1. The molecule has 1 fully saturated rings. The summed E-state index contributed by atoms with van der Waals surface area (Å²) in [4.78, 5) is 23.5. The molecule has 0 aliphatic carbocycles. The number of carbonyl (C=O) groups excluding carboxylic acids is 1. The number of nitrogens with zero attached hydrogens (tertiary/aromatic N) is 4. The fraction of sp³-hybridized carbons (Fsp3) is 0.476. The summed E-state index contributed by atoms with van der Waals surface area (Å²) < 4.78 is 27.6. The van der Waals surface area contributed by atoms with E-state index in [-0.39, 0.29) is 18.4 Å². The minimum atomic E-state index is -3.57. The first-order valence-corrected chi connectivity index (χ1v) is 11.7. The van der Waals surface area contributed by atoms with Gasteiger partial charge in [0.15, 0.2) is 0 Å². The van der Waals surface area contributed by atoms with Crippen LogP contribution in [0, 0.1) is 0 Å². The Labute approximate surface area is 177 Å². The van der Waals surface area contributed by atoms with E-state index in [0.29, 0.717) is 30.2 Å². The van der Waals surface area contributed by atoms with Crippen molar-refractivity contribution >= 4 is 21.7 Å². The lowest BCUT2D eigenvalue weighted by molar-refractivity contribution is -0.130. The highest BCUT2D eigenvalue weighted by Gasteiger charge is 2.32. The fourth-order valence-electron chi connectivity index (χ4n) is 4.22. The molecule has 1 amide bonds. The first kappa shape index (κ1) is 20.7. The molecule has 30 heavy (non-hydrogen) atoms. The molecule has 1 N–H and O–H groups in total. The molecule has 2 aromatic rings. The quantitative estimate of drug-likeness (QED) is 0.799. The average molecular weight is 430 g/mol. The molecule has 0 bridgehead atoms. The van der Waals surface area contributed by atoms with E-state index in [1.54, 1.807) is 44.3 Å². The number of likely N-dealkylation sites (tertiary alicyclic amines) is 1. The predicted octanol–water partition coefficient (Wildman–Crippen LogP) is 1.99. The van der Waals surface area contributed by atoms with Crippen molar-refractivity contribution in [2.45, 2.75) is 43.5 Å². The SMILES string of the molecule is CNc1nc([C@H]2CCCN(C(C)=O)C2)nc2c1CN(S(=O)(=O)c1ccccc1)CC2. The van der Waals surface area contributed by atoms with Gasteiger partial charge in [0.05, 0.1) is 10.6 Å². The van der Waals surface area contributed by atoms with Gasteiger partial charge < -0.3 is 10.2 Å². The van der Waals surface area contributed by atoms with Crippen LogP contribution in [0.15, 0.2) is 35.2 Å². The van der Waals surface area contributed by atoms with Crippen LogP contribution in [-0.4, -0.2) is 60.2 Å². The summed E-state index contributed by atoms with van der Waals surface area (Å²) in [5.41, 5.74) is 1.72. The van der Waals surface area contributed by atoms with Crippen molar-refractivity contribution in [1.82, 2.24) is 19.2 Å². The van der Waals surface area contributed by atoms with Crippen LogP contribution in [0.1, 0.15) is 42.8 Å². The van der Waals surface area contributed by atoms with Crippen LogP contribution in [0.5, 0.6) is 0 Å². The maximum absolute atomic E-state index is 13.0. The maximum atomic E-state index is 13.0. The molecule has 2 aliphatic rings. The zero-order chi connectivity index (χ0) is 21.3.